The van der Waals surface area contributed by atoms with Gasteiger partial charge in [0, 0.05) is 53.1 Å². The standard InChI is InChI=1S/C37H38Cl2N4O4/c1-20-10-11-25(37(45)46)19-30(20)42-14-8-15-43-34-28(12-13-29(38)32(34)31-23(4)40-41(6)24(31)5)27(35(43)36(42)44)9-7-16-47-26-17-21(2)33(39)22(3)18-26/h10-13,17-19H,7-9,14-16H2,1-6H3,(H,45,46). The van der Waals surface area contributed by atoms with Gasteiger partial charge in [0.15, 0.2) is 0 Å². The number of carbonyl (C=O) groups excluding carboxylic acids is 1. The number of hydrogen-bond acceptors (Lipinski definition) is 4. The Morgan fingerprint density at radius 3 is 2.34 bits per heavy atom. The molecule has 3 aromatic carbocycles. The lowest BCUT2D eigenvalue weighted by atomic mass is 9.98. The van der Waals surface area contributed by atoms with Crippen LogP contribution in [0.5, 0.6) is 5.75 Å². The fourth-order valence-corrected chi connectivity index (χ4v) is 7.25. The highest BCUT2D eigenvalue weighted by molar-refractivity contribution is 6.35. The van der Waals surface area contributed by atoms with Crippen LogP contribution in [-0.4, -0.2) is 44.5 Å². The maximum atomic E-state index is 14.8. The molecule has 1 aliphatic rings. The van der Waals surface area contributed by atoms with Crippen LogP contribution in [0.2, 0.25) is 10.0 Å². The molecular weight excluding hydrogens is 635 g/mol. The Morgan fingerprint density at radius 2 is 1.68 bits per heavy atom. The summed E-state index contributed by atoms with van der Waals surface area (Å²) in [4.78, 5) is 28.4. The van der Waals surface area contributed by atoms with E-state index in [1.165, 1.54) is 0 Å². The SMILES string of the molecule is Cc1ccc(C(=O)O)cc1N1CCCn2c(c(CCCOc3cc(C)c(Cl)c(C)c3)c3ccc(Cl)c(-c4c(C)nn(C)c4C)c32)C1=O. The highest BCUT2D eigenvalue weighted by Crippen LogP contribution is 2.43. The van der Waals surface area contributed by atoms with E-state index in [-0.39, 0.29) is 11.5 Å². The molecule has 1 amide bonds. The molecule has 0 bridgehead atoms. The van der Waals surface area contributed by atoms with Crippen LogP contribution < -0.4 is 9.64 Å². The van der Waals surface area contributed by atoms with Crippen molar-refractivity contribution in [3.8, 4) is 16.9 Å². The van der Waals surface area contributed by atoms with E-state index in [1.807, 2.05) is 70.6 Å². The zero-order valence-electron chi connectivity index (χ0n) is 27.5. The van der Waals surface area contributed by atoms with Gasteiger partial charge in [0.2, 0.25) is 0 Å². The van der Waals surface area contributed by atoms with Gasteiger partial charge in [-0.3, -0.25) is 9.48 Å². The van der Waals surface area contributed by atoms with Gasteiger partial charge in [-0.15, -0.1) is 0 Å². The summed E-state index contributed by atoms with van der Waals surface area (Å²) in [6.07, 6.45) is 1.93. The third-order valence-electron chi connectivity index (χ3n) is 9.24. The Hall–Kier alpha value is -4.27. The molecule has 2 aromatic heterocycles. The van der Waals surface area contributed by atoms with E-state index in [9.17, 15) is 14.7 Å². The topological polar surface area (TPSA) is 89.6 Å². The number of carboxylic acid groups (broad SMARTS) is 1. The quantitative estimate of drug-likeness (QED) is 0.167. The highest BCUT2D eigenvalue weighted by atomic mass is 35.5. The summed E-state index contributed by atoms with van der Waals surface area (Å²) in [6.45, 7) is 11.3. The Morgan fingerprint density at radius 1 is 0.957 bits per heavy atom. The highest BCUT2D eigenvalue weighted by Gasteiger charge is 2.33. The Bertz CT molecular complexity index is 2050. The van der Waals surface area contributed by atoms with Crippen LogP contribution >= 0.6 is 23.2 Å². The van der Waals surface area contributed by atoms with E-state index in [0.717, 1.165) is 66.4 Å². The first-order valence-electron chi connectivity index (χ1n) is 15.8. The van der Waals surface area contributed by atoms with Crippen LogP contribution in [0.3, 0.4) is 0 Å². The van der Waals surface area contributed by atoms with Gasteiger partial charge in [-0.2, -0.15) is 5.10 Å². The smallest absolute Gasteiger partial charge is 0.335 e. The molecule has 10 heteroatoms. The Labute approximate surface area is 284 Å². The number of anilines is 1. The number of hydrogen-bond donors (Lipinski definition) is 1. The van der Waals surface area contributed by atoms with E-state index in [4.69, 9.17) is 27.9 Å². The summed E-state index contributed by atoms with van der Waals surface area (Å²) in [7, 11) is 1.92. The van der Waals surface area contributed by atoms with Gasteiger partial charge in [-0.1, -0.05) is 35.3 Å². The lowest BCUT2D eigenvalue weighted by Gasteiger charge is -2.23. The minimum Gasteiger partial charge on any atom is -0.494 e. The van der Waals surface area contributed by atoms with E-state index in [2.05, 4.69) is 9.67 Å². The fourth-order valence-electron chi connectivity index (χ4n) is 6.89. The lowest BCUT2D eigenvalue weighted by molar-refractivity contribution is 0.0696. The predicted octanol–water partition coefficient (Wildman–Crippen LogP) is 8.65. The monoisotopic (exact) mass is 672 g/mol. The number of nitrogens with zero attached hydrogens (tertiary/aromatic N) is 4. The maximum absolute atomic E-state index is 14.8. The number of ether oxygens (including phenoxy) is 1. The molecule has 6 rings (SSSR count). The van der Waals surface area contributed by atoms with Gasteiger partial charge in [0.1, 0.15) is 11.4 Å². The van der Waals surface area contributed by atoms with Gasteiger partial charge in [-0.25, -0.2) is 4.79 Å². The normalized spacial score (nSPS) is 13.3. The first-order valence-corrected chi connectivity index (χ1v) is 16.5. The summed E-state index contributed by atoms with van der Waals surface area (Å²) < 4.78 is 10.2. The van der Waals surface area contributed by atoms with E-state index < -0.39 is 5.97 Å². The van der Waals surface area contributed by atoms with E-state index in [0.29, 0.717) is 55.4 Å². The number of aryl methyl sites for hydroxylation is 7. The molecule has 3 heterocycles. The van der Waals surface area contributed by atoms with Gasteiger partial charge in [0.05, 0.1) is 28.4 Å². The number of amides is 1. The zero-order chi connectivity index (χ0) is 33.7. The molecular formula is C37H38Cl2N4O4. The maximum Gasteiger partial charge on any atom is 0.335 e. The largest absolute Gasteiger partial charge is 0.494 e. The number of benzene rings is 3. The average molecular weight is 674 g/mol. The lowest BCUT2D eigenvalue weighted by Crippen LogP contribution is -2.32. The van der Waals surface area contributed by atoms with Crippen molar-refractivity contribution in [3.05, 3.63) is 97.4 Å². The number of carbonyl (C=O) groups is 2. The van der Waals surface area contributed by atoms with Crippen molar-refractivity contribution in [2.45, 2.75) is 60.4 Å². The number of aromatic carboxylic acids is 1. The number of carboxylic acids is 1. The molecule has 1 N–H and O–H groups in total. The molecule has 0 fully saturated rings. The predicted molar refractivity (Wildman–Crippen MR) is 188 cm³/mol. The fraction of sp³-hybridized carbons (Fsp3) is 0.324. The van der Waals surface area contributed by atoms with E-state index in [1.54, 1.807) is 23.1 Å². The molecule has 0 saturated heterocycles. The molecule has 244 valence electrons. The number of rotatable bonds is 8. The molecule has 47 heavy (non-hydrogen) atoms. The minimum atomic E-state index is -1.03. The van der Waals surface area contributed by atoms with Crippen molar-refractivity contribution in [2.75, 3.05) is 18.1 Å². The minimum absolute atomic E-state index is 0.143. The van der Waals surface area contributed by atoms with Crippen molar-refractivity contribution in [2.24, 2.45) is 7.05 Å². The first-order chi connectivity index (χ1) is 22.4. The second-order valence-corrected chi connectivity index (χ2v) is 13.2. The molecule has 5 aromatic rings. The summed E-state index contributed by atoms with van der Waals surface area (Å²) in [5, 5.41) is 16.7. The first kappa shape index (κ1) is 32.7. The molecule has 1 aliphatic heterocycles. The number of fused-ring (bicyclic) bond motifs is 3. The van der Waals surface area contributed by atoms with Crippen molar-refractivity contribution < 1.29 is 19.4 Å². The molecule has 0 spiro atoms. The third-order valence-corrected chi connectivity index (χ3v) is 10.2. The van der Waals surface area contributed by atoms with Gasteiger partial charge in [-0.05, 0) is 106 Å². The number of halogens is 2. The van der Waals surface area contributed by atoms with Crippen LogP contribution in [0, 0.1) is 34.6 Å². The Balaban J connectivity index is 1.49. The summed E-state index contributed by atoms with van der Waals surface area (Å²) in [6, 6.07) is 12.7. The molecule has 0 radical (unpaired) electrons. The molecule has 0 saturated carbocycles. The van der Waals surface area contributed by atoms with Crippen LogP contribution in [0.25, 0.3) is 22.0 Å². The molecule has 0 unspecified atom stereocenters. The third kappa shape index (κ3) is 5.78. The second kappa shape index (κ2) is 12.7. The van der Waals surface area contributed by atoms with Crippen molar-refractivity contribution in [1.29, 1.82) is 0 Å². The molecule has 8 nitrogen and oxygen atoms in total. The van der Waals surface area contributed by atoms with Crippen molar-refractivity contribution >= 4 is 51.7 Å². The Kier molecular flexibility index (Phi) is 8.85. The van der Waals surface area contributed by atoms with Crippen molar-refractivity contribution in [1.82, 2.24) is 14.3 Å². The van der Waals surface area contributed by atoms with Crippen LogP contribution in [0.15, 0.2) is 42.5 Å². The average Bonchev–Trinajstić information content (AvgIpc) is 3.39. The molecule has 0 aliphatic carbocycles. The second-order valence-electron chi connectivity index (χ2n) is 12.4. The van der Waals surface area contributed by atoms with E-state index >= 15 is 0 Å². The summed E-state index contributed by atoms with van der Waals surface area (Å²) in [5.41, 5.74) is 9.62. The van der Waals surface area contributed by atoms with Gasteiger partial charge in [0.25, 0.3) is 5.91 Å². The zero-order valence-corrected chi connectivity index (χ0v) is 29.0. The summed E-state index contributed by atoms with van der Waals surface area (Å²) in [5.74, 6) is -0.431. The van der Waals surface area contributed by atoms with Crippen LogP contribution in [-0.2, 0) is 20.0 Å². The van der Waals surface area contributed by atoms with Gasteiger partial charge < -0.3 is 19.3 Å². The number of aromatic nitrogens is 3. The van der Waals surface area contributed by atoms with Crippen LogP contribution in [0.1, 0.15) is 67.3 Å². The van der Waals surface area contributed by atoms with Crippen LogP contribution in [0.4, 0.5) is 5.69 Å². The molecule has 0 atom stereocenters. The van der Waals surface area contributed by atoms with Crippen molar-refractivity contribution in [3.63, 3.8) is 0 Å². The van der Waals surface area contributed by atoms with Gasteiger partial charge >= 0.3 is 5.97 Å². The summed E-state index contributed by atoms with van der Waals surface area (Å²) >= 11 is 13.4.